The summed E-state index contributed by atoms with van der Waals surface area (Å²) in [4.78, 5) is 35.0. The molecule has 9 heteroatoms. The SMILES string of the molecule is COc1cc(-c2nc3ccc(NC(=O)CCN4CCCCC4)cc3c(=O)[nH]2)cc(OC)c1OC. The second kappa shape index (κ2) is 10.6. The third-order valence-electron chi connectivity index (χ3n) is 6.03. The zero-order chi connectivity index (χ0) is 24.1. The van der Waals surface area contributed by atoms with Gasteiger partial charge < -0.3 is 29.4 Å². The number of rotatable bonds is 8. The van der Waals surface area contributed by atoms with Crippen molar-refractivity contribution in [2.75, 3.05) is 46.3 Å². The molecule has 4 rings (SSSR count). The molecule has 1 aromatic heterocycles. The van der Waals surface area contributed by atoms with Gasteiger partial charge in [0.1, 0.15) is 5.82 Å². The second-order valence-corrected chi connectivity index (χ2v) is 8.26. The van der Waals surface area contributed by atoms with Crippen LogP contribution in [0, 0.1) is 0 Å². The lowest BCUT2D eigenvalue weighted by molar-refractivity contribution is -0.116. The molecule has 3 aromatic rings. The maximum atomic E-state index is 12.9. The van der Waals surface area contributed by atoms with Crippen LogP contribution in [-0.4, -0.2) is 61.7 Å². The van der Waals surface area contributed by atoms with Gasteiger partial charge in [-0.2, -0.15) is 0 Å². The maximum absolute atomic E-state index is 12.9. The van der Waals surface area contributed by atoms with Crippen molar-refractivity contribution < 1.29 is 19.0 Å². The van der Waals surface area contributed by atoms with Crippen molar-refractivity contribution in [3.05, 3.63) is 40.7 Å². The van der Waals surface area contributed by atoms with Crippen molar-refractivity contribution >= 4 is 22.5 Å². The summed E-state index contributed by atoms with van der Waals surface area (Å²) in [6, 6.07) is 8.59. The summed E-state index contributed by atoms with van der Waals surface area (Å²) >= 11 is 0. The molecule has 0 saturated carbocycles. The van der Waals surface area contributed by atoms with E-state index in [1.54, 1.807) is 30.3 Å². The summed E-state index contributed by atoms with van der Waals surface area (Å²) in [5.41, 5.74) is 1.39. The molecule has 1 fully saturated rings. The molecule has 0 radical (unpaired) electrons. The van der Waals surface area contributed by atoms with Crippen molar-refractivity contribution in [2.45, 2.75) is 25.7 Å². The average molecular weight is 467 g/mol. The molecular weight excluding hydrogens is 436 g/mol. The molecule has 1 amide bonds. The summed E-state index contributed by atoms with van der Waals surface area (Å²) in [6.45, 7) is 2.86. The van der Waals surface area contributed by atoms with E-state index in [0.717, 1.165) is 19.6 Å². The molecule has 180 valence electrons. The molecule has 0 aliphatic carbocycles. The number of amides is 1. The minimum Gasteiger partial charge on any atom is -0.493 e. The predicted molar refractivity (Wildman–Crippen MR) is 131 cm³/mol. The molecule has 1 saturated heterocycles. The van der Waals surface area contributed by atoms with Crippen LogP contribution in [0.15, 0.2) is 35.1 Å². The number of benzene rings is 2. The quantitative estimate of drug-likeness (QED) is 0.524. The fourth-order valence-corrected chi connectivity index (χ4v) is 4.24. The van der Waals surface area contributed by atoms with Gasteiger partial charge in [0.15, 0.2) is 11.5 Å². The molecule has 0 unspecified atom stereocenters. The molecule has 1 aliphatic heterocycles. The number of fused-ring (bicyclic) bond motifs is 1. The number of nitrogens with zero attached hydrogens (tertiary/aromatic N) is 2. The number of methoxy groups -OCH3 is 3. The number of piperidine rings is 1. The van der Waals surface area contributed by atoms with Gasteiger partial charge in [-0.25, -0.2) is 4.98 Å². The van der Waals surface area contributed by atoms with Crippen LogP contribution in [0.2, 0.25) is 0 Å². The number of carbonyl (C=O) groups is 1. The molecule has 2 heterocycles. The zero-order valence-electron chi connectivity index (χ0n) is 19.8. The number of anilines is 1. The summed E-state index contributed by atoms with van der Waals surface area (Å²) in [7, 11) is 4.58. The van der Waals surface area contributed by atoms with E-state index in [1.807, 2.05) is 0 Å². The first-order valence-corrected chi connectivity index (χ1v) is 11.4. The minimum absolute atomic E-state index is 0.0663. The van der Waals surface area contributed by atoms with Crippen LogP contribution in [0.25, 0.3) is 22.3 Å². The van der Waals surface area contributed by atoms with E-state index in [4.69, 9.17) is 14.2 Å². The Hall–Kier alpha value is -3.59. The van der Waals surface area contributed by atoms with Crippen molar-refractivity contribution in [3.63, 3.8) is 0 Å². The van der Waals surface area contributed by atoms with Crippen molar-refractivity contribution in [2.24, 2.45) is 0 Å². The van der Waals surface area contributed by atoms with Crippen LogP contribution >= 0.6 is 0 Å². The molecule has 0 atom stereocenters. The van der Waals surface area contributed by atoms with E-state index in [2.05, 4.69) is 20.2 Å². The van der Waals surface area contributed by atoms with Crippen molar-refractivity contribution in [1.29, 1.82) is 0 Å². The van der Waals surface area contributed by atoms with Gasteiger partial charge in [0.05, 0.1) is 32.2 Å². The number of carbonyl (C=O) groups excluding carboxylic acids is 1. The number of hydrogen-bond donors (Lipinski definition) is 2. The van der Waals surface area contributed by atoms with Crippen molar-refractivity contribution in [3.8, 4) is 28.6 Å². The van der Waals surface area contributed by atoms with Crippen LogP contribution in [0.3, 0.4) is 0 Å². The zero-order valence-corrected chi connectivity index (χ0v) is 19.8. The fraction of sp³-hybridized carbons (Fsp3) is 0.400. The Labute approximate surface area is 198 Å². The molecule has 34 heavy (non-hydrogen) atoms. The highest BCUT2D eigenvalue weighted by Crippen LogP contribution is 2.40. The molecule has 2 aromatic carbocycles. The van der Waals surface area contributed by atoms with Crippen LogP contribution in [0.4, 0.5) is 5.69 Å². The Balaban J connectivity index is 1.55. The first-order valence-electron chi connectivity index (χ1n) is 11.4. The highest BCUT2D eigenvalue weighted by Gasteiger charge is 2.17. The van der Waals surface area contributed by atoms with E-state index < -0.39 is 0 Å². The number of nitrogens with one attached hydrogen (secondary N) is 2. The first kappa shape index (κ1) is 23.6. The van der Waals surface area contributed by atoms with E-state index in [0.29, 0.717) is 51.6 Å². The third-order valence-corrected chi connectivity index (χ3v) is 6.03. The maximum Gasteiger partial charge on any atom is 0.259 e. The Bertz CT molecular complexity index is 1210. The lowest BCUT2D eigenvalue weighted by Gasteiger charge is -2.25. The molecule has 1 aliphatic rings. The molecule has 0 spiro atoms. The van der Waals surface area contributed by atoms with Gasteiger partial charge in [-0.1, -0.05) is 6.42 Å². The van der Waals surface area contributed by atoms with Gasteiger partial charge in [-0.05, 0) is 56.3 Å². The highest BCUT2D eigenvalue weighted by atomic mass is 16.5. The summed E-state index contributed by atoms with van der Waals surface area (Å²) in [6.07, 6.45) is 4.08. The Morgan fingerprint density at radius 1 is 1.03 bits per heavy atom. The van der Waals surface area contributed by atoms with Gasteiger partial charge in [0.2, 0.25) is 11.7 Å². The van der Waals surface area contributed by atoms with Gasteiger partial charge in [-0.15, -0.1) is 0 Å². The van der Waals surface area contributed by atoms with Gasteiger partial charge >= 0.3 is 0 Å². The number of hydrogen-bond acceptors (Lipinski definition) is 7. The summed E-state index contributed by atoms with van der Waals surface area (Å²) < 4.78 is 16.2. The number of likely N-dealkylation sites (tertiary alicyclic amines) is 1. The van der Waals surface area contributed by atoms with Gasteiger partial charge in [0.25, 0.3) is 5.56 Å². The summed E-state index contributed by atoms with van der Waals surface area (Å²) in [5, 5.41) is 3.29. The Kier molecular flexibility index (Phi) is 7.32. The van der Waals surface area contributed by atoms with E-state index in [1.165, 1.54) is 40.6 Å². The number of aromatic nitrogens is 2. The first-order chi connectivity index (χ1) is 16.5. The highest BCUT2D eigenvalue weighted by molar-refractivity contribution is 5.93. The van der Waals surface area contributed by atoms with E-state index in [9.17, 15) is 9.59 Å². The van der Waals surface area contributed by atoms with Crippen LogP contribution < -0.4 is 25.1 Å². The monoisotopic (exact) mass is 466 g/mol. The smallest absolute Gasteiger partial charge is 0.259 e. The Morgan fingerprint density at radius 2 is 1.74 bits per heavy atom. The lowest BCUT2D eigenvalue weighted by Crippen LogP contribution is -2.32. The predicted octanol–water partition coefficient (Wildman–Crippen LogP) is 3.43. The standard InChI is InChI=1S/C25H30N4O5/c1-32-20-13-16(14-21(33-2)23(20)34-3)24-27-19-8-7-17(15-18(19)25(31)28-24)26-22(30)9-12-29-10-5-4-6-11-29/h7-8,13-15H,4-6,9-12H2,1-3H3,(H,26,30)(H,27,28,31). The second-order valence-electron chi connectivity index (χ2n) is 8.26. The normalized spacial score (nSPS) is 14.1. The van der Waals surface area contributed by atoms with E-state index >= 15 is 0 Å². The molecule has 2 N–H and O–H groups in total. The summed E-state index contributed by atoms with van der Waals surface area (Å²) in [5.74, 6) is 1.68. The third kappa shape index (κ3) is 5.14. The lowest BCUT2D eigenvalue weighted by atomic mass is 10.1. The van der Waals surface area contributed by atoms with Gasteiger partial charge in [-0.3, -0.25) is 9.59 Å². The average Bonchev–Trinajstić information content (AvgIpc) is 2.87. The number of ether oxygens (including phenoxy) is 3. The molecule has 9 nitrogen and oxygen atoms in total. The number of aromatic amines is 1. The van der Waals surface area contributed by atoms with Crippen LogP contribution in [0.5, 0.6) is 17.2 Å². The molecular formula is C25H30N4O5. The minimum atomic E-state index is -0.307. The van der Waals surface area contributed by atoms with E-state index in [-0.39, 0.29) is 11.5 Å². The Morgan fingerprint density at radius 3 is 2.38 bits per heavy atom. The van der Waals surface area contributed by atoms with Crippen LogP contribution in [-0.2, 0) is 4.79 Å². The topological polar surface area (TPSA) is 106 Å². The fourth-order valence-electron chi connectivity index (χ4n) is 4.24. The molecule has 0 bridgehead atoms. The van der Waals surface area contributed by atoms with Gasteiger partial charge in [0, 0.05) is 24.2 Å². The van der Waals surface area contributed by atoms with Crippen molar-refractivity contribution in [1.82, 2.24) is 14.9 Å². The number of H-pyrrole nitrogens is 1. The van der Waals surface area contributed by atoms with Crippen LogP contribution in [0.1, 0.15) is 25.7 Å². The largest absolute Gasteiger partial charge is 0.493 e.